The molecule has 0 aromatic heterocycles. The minimum absolute atomic E-state index is 0.000653. The Morgan fingerprint density at radius 2 is 1.88 bits per heavy atom. The first kappa shape index (κ1) is 13.0. The predicted octanol–water partition coefficient (Wildman–Crippen LogP) is 2.92. The minimum Gasteiger partial charge on any atom is -0.396 e. The fraction of sp³-hybridized carbons (Fsp3) is 0.571. The Morgan fingerprint density at radius 1 is 1.25 bits per heavy atom. The number of nitrogens with zero attached hydrogens (tertiary/aromatic N) is 1. The zero-order valence-corrected chi connectivity index (χ0v) is 10.6. The van der Waals surface area contributed by atoms with Crippen LogP contribution in [0, 0.1) is 5.41 Å². The third-order valence-electron chi connectivity index (χ3n) is 3.05. The van der Waals surface area contributed by atoms with Gasteiger partial charge in [-0.3, -0.25) is 0 Å². The first-order valence-electron chi connectivity index (χ1n) is 5.98. The Kier molecular flexibility index (Phi) is 4.81. The van der Waals surface area contributed by atoms with Crippen LogP contribution in [0.15, 0.2) is 30.3 Å². The van der Waals surface area contributed by atoms with Gasteiger partial charge >= 0.3 is 0 Å². The van der Waals surface area contributed by atoms with Crippen LogP contribution in [-0.2, 0) is 0 Å². The molecule has 1 rings (SSSR count). The summed E-state index contributed by atoms with van der Waals surface area (Å²) < 4.78 is 0. The summed E-state index contributed by atoms with van der Waals surface area (Å²) in [6, 6.07) is 10.3. The highest BCUT2D eigenvalue weighted by atomic mass is 16.3. The zero-order chi connectivity index (χ0) is 12.0. The molecule has 0 aliphatic heterocycles. The maximum atomic E-state index is 9.49. The average Bonchev–Trinajstić information content (AvgIpc) is 2.30. The fourth-order valence-electron chi connectivity index (χ4n) is 2.16. The van der Waals surface area contributed by atoms with E-state index in [1.807, 2.05) is 18.2 Å². The van der Waals surface area contributed by atoms with Gasteiger partial charge in [-0.25, -0.2) is 0 Å². The highest BCUT2D eigenvalue weighted by Gasteiger charge is 2.24. The van der Waals surface area contributed by atoms with Gasteiger partial charge in [0.2, 0.25) is 0 Å². The number of benzene rings is 1. The van der Waals surface area contributed by atoms with Crippen LogP contribution in [0.1, 0.15) is 26.7 Å². The molecule has 1 aromatic carbocycles. The lowest BCUT2D eigenvalue weighted by atomic mass is 9.86. The monoisotopic (exact) mass is 221 g/mol. The summed E-state index contributed by atoms with van der Waals surface area (Å²) in [4.78, 5) is 2.21. The van der Waals surface area contributed by atoms with Gasteiger partial charge in [-0.05, 0) is 18.6 Å². The SMILES string of the molecule is CCCC(C)(CO)CN(C)c1ccccc1. The van der Waals surface area contributed by atoms with Crippen LogP contribution in [0.25, 0.3) is 0 Å². The van der Waals surface area contributed by atoms with E-state index in [0.717, 1.165) is 19.4 Å². The van der Waals surface area contributed by atoms with Crippen LogP contribution in [0.2, 0.25) is 0 Å². The summed E-state index contributed by atoms with van der Waals surface area (Å²) >= 11 is 0. The molecule has 0 heterocycles. The quantitative estimate of drug-likeness (QED) is 0.798. The van der Waals surface area contributed by atoms with Crippen LogP contribution < -0.4 is 4.90 Å². The molecule has 0 saturated carbocycles. The van der Waals surface area contributed by atoms with E-state index in [4.69, 9.17) is 0 Å². The Morgan fingerprint density at radius 3 is 2.38 bits per heavy atom. The van der Waals surface area contributed by atoms with E-state index in [0.29, 0.717) is 0 Å². The summed E-state index contributed by atoms with van der Waals surface area (Å²) in [7, 11) is 2.08. The van der Waals surface area contributed by atoms with Crippen molar-refractivity contribution in [3.05, 3.63) is 30.3 Å². The Hall–Kier alpha value is -1.02. The molecule has 90 valence electrons. The largest absolute Gasteiger partial charge is 0.396 e. The van der Waals surface area contributed by atoms with Gasteiger partial charge in [-0.1, -0.05) is 38.5 Å². The third-order valence-corrected chi connectivity index (χ3v) is 3.05. The normalized spacial score (nSPS) is 14.5. The molecule has 2 nitrogen and oxygen atoms in total. The van der Waals surface area contributed by atoms with Gasteiger partial charge in [0.25, 0.3) is 0 Å². The molecule has 0 amide bonds. The molecule has 2 heteroatoms. The van der Waals surface area contributed by atoms with Crippen LogP contribution >= 0.6 is 0 Å². The van der Waals surface area contributed by atoms with Crippen molar-refractivity contribution in [3.8, 4) is 0 Å². The molecule has 16 heavy (non-hydrogen) atoms. The van der Waals surface area contributed by atoms with Gasteiger partial charge in [0.05, 0.1) is 6.61 Å². The van der Waals surface area contributed by atoms with Crippen molar-refractivity contribution in [3.63, 3.8) is 0 Å². The fourth-order valence-corrected chi connectivity index (χ4v) is 2.16. The van der Waals surface area contributed by atoms with Crippen molar-refractivity contribution in [2.24, 2.45) is 5.41 Å². The number of hydrogen-bond acceptors (Lipinski definition) is 2. The van der Waals surface area contributed by atoms with Gasteiger partial charge in [-0.2, -0.15) is 0 Å². The van der Waals surface area contributed by atoms with E-state index < -0.39 is 0 Å². The summed E-state index contributed by atoms with van der Waals surface area (Å²) in [5, 5.41) is 9.49. The second-order valence-electron chi connectivity index (χ2n) is 4.91. The number of para-hydroxylation sites is 1. The third kappa shape index (κ3) is 3.53. The highest BCUT2D eigenvalue weighted by molar-refractivity contribution is 5.45. The van der Waals surface area contributed by atoms with Gasteiger partial charge in [-0.15, -0.1) is 0 Å². The van der Waals surface area contributed by atoms with Crippen LogP contribution in [0.5, 0.6) is 0 Å². The molecule has 0 aliphatic rings. The summed E-state index contributed by atoms with van der Waals surface area (Å²) in [6.07, 6.45) is 2.17. The van der Waals surface area contributed by atoms with Crippen molar-refractivity contribution in [2.45, 2.75) is 26.7 Å². The second-order valence-corrected chi connectivity index (χ2v) is 4.91. The summed E-state index contributed by atoms with van der Waals surface area (Å²) in [5.74, 6) is 0. The lowest BCUT2D eigenvalue weighted by Gasteiger charge is -2.33. The highest BCUT2D eigenvalue weighted by Crippen LogP contribution is 2.25. The molecule has 1 aromatic rings. The molecule has 1 N–H and O–H groups in total. The molecule has 0 aliphatic carbocycles. The van der Waals surface area contributed by atoms with Crippen LogP contribution in [0.4, 0.5) is 5.69 Å². The van der Waals surface area contributed by atoms with Crippen molar-refractivity contribution in [1.29, 1.82) is 0 Å². The molecule has 0 spiro atoms. The predicted molar refractivity (Wildman–Crippen MR) is 69.8 cm³/mol. The number of aliphatic hydroxyl groups excluding tert-OH is 1. The maximum absolute atomic E-state index is 9.49. The lowest BCUT2D eigenvalue weighted by Crippen LogP contribution is -2.36. The van der Waals surface area contributed by atoms with E-state index in [1.54, 1.807) is 0 Å². The molecule has 0 bridgehead atoms. The van der Waals surface area contributed by atoms with Gasteiger partial charge in [0.1, 0.15) is 0 Å². The van der Waals surface area contributed by atoms with Gasteiger partial charge < -0.3 is 10.0 Å². The molecular weight excluding hydrogens is 198 g/mol. The number of anilines is 1. The number of hydrogen-bond donors (Lipinski definition) is 1. The van der Waals surface area contributed by atoms with Crippen LogP contribution in [0.3, 0.4) is 0 Å². The molecule has 1 unspecified atom stereocenters. The van der Waals surface area contributed by atoms with Gasteiger partial charge in [0.15, 0.2) is 0 Å². The topological polar surface area (TPSA) is 23.5 Å². The molecule has 0 fully saturated rings. The number of rotatable bonds is 6. The maximum Gasteiger partial charge on any atom is 0.0501 e. The smallest absolute Gasteiger partial charge is 0.0501 e. The first-order valence-corrected chi connectivity index (χ1v) is 5.98. The summed E-state index contributed by atoms with van der Waals surface area (Å²) in [6.45, 7) is 5.45. The van der Waals surface area contributed by atoms with Crippen molar-refractivity contribution in [2.75, 3.05) is 25.1 Å². The van der Waals surface area contributed by atoms with Crippen molar-refractivity contribution in [1.82, 2.24) is 0 Å². The van der Waals surface area contributed by atoms with Crippen LogP contribution in [-0.4, -0.2) is 25.3 Å². The molecular formula is C14H23NO. The standard InChI is InChI=1S/C14H23NO/c1-4-10-14(2,12-16)11-15(3)13-8-6-5-7-9-13/h5-9,16H,4,10-12H2,1-3H3. The number of aliphatic hydroxyl groups is 1. The lowest BCUT2D eigenvalue weighted by molar-refractivity contribution is 0.138. The Balaban J connectivity index is 2.65. The zero-order valence-electron chi connectivity index (χ0n) is 10.6. The van der Waals surface area contributed by atoms with Gasteiger partial charge in [0, 0.05) is 24.7 Å². The van der Waals surface area contributed by atoms with E-state index in [-0.39, 0.29) is 12.0 Å². The average molecular weight is 221 g/mol. The molecule has 0 radical (unpaired) electrons. The Labute approximate surface area is 98.9 Å². The Bertz CT molecular complexity index is 299. The first-order chi connectivity index (χ1) is 7.61. The molecule has 0 saturated heterocycles. The van der Waals surface area contributed by atoms with E-state index >= 15 is 0 Å². The molecule has 1 atom stereocenters. The van der Waals surface area contributed by atoms with E-state index in [1.165, 1.54) is 5.69 Å². The minimum atomic E-state index is -0.000653. The summed E-state index contributed by atoms with van der Waals surface area (Å²) in [5.41, 5.74) is 1.21. The van der Waals surface area contributed by atoms with E-state index in [2.05, 4.69) is 37.9 Å². The second kappa shape index (κ2) is 5.90. The van der Waals surface area contributed by atoms with E-state index in [9.17, 15) is 5.11 Å². The van der Waals surface area contributed by atoms with Crippen molar-refractivity contribution >= 4 is 5.69 Å². The van der Waals surface area contributed by atoms with Crippen molar-refractivity contribution < 1.29 is 5.11 Å².